The first kappa shape index (κ1) is 28.8. The Morgan fingerprint density at radius 1 is 0.490 bits per heavy atom. The maximum absolute atomic E-state index is 6.51. The average Bonchev–Trinajstić information content (AvgIpc) is 3.56. The van der Waals surface area contributed by atoms with Crippen molar-refractivity contribution in [3.63, 3.8) is 0 Å². The highest BCUT2D eigenvalue weighted by atomic mass is 16.3. The van der Waals surface area contributed by atoms with Gasteiger partial charge in [0, 0.05) is 28.3 Å². The predicted octanol–water partition coefficient (Wildman–Crippen LogP) is 9.90. The van der Waals surface area contributed by atoms with Gasteiger partial charge in [-0.15, -0.1) is 0 Å². The minimum atomic E-state index is 0.561. The fourth-order valence-electron chi connectivity index (χ4n) is 6.90. The van der Waals surface area contributed by atoms with Crippen molar-refractivity contribution >= 4 is 55.6 Å². The lowest BCUT2D eigenvalue weighted by Gasteiger charge is -2.10. The molecule has 2 heterocycles. The number of nitrogens with zero attached hydrogens (tertiary/aromatic N) is 3. The van der Waals surface area contributed by atoms with Crippen LogP contribution in [-0.2, 0) is 6.42 Å². The predicted molar refractivity (Wildman–Crippen MR) is 202 cm³/mol. The first-order valence-corrected chi connectivity index (χ1v) is 16.6. The minimum absolute atomic E-state index is 0.561. The number of hydrogen-bond acceptors (Lipinski definition) is 4. The molecule has 0 saturated carbocycles. The Bertz CT molecular complexity index is 2830. The number of aromatic nitrogens is 3. The van der Waals surface area contributed by atoms with E-state index in [-0.39, 0.29) is 0 Å². The molecule has 0 N–H and O–H groups in total. The molecule has 7 aromatic carbocycles. The Labute approximate surface area is 283 Å². The minimum Gasteiger partial charge on any atom is -0.456 e. The molecule has 232 valence electrons. The summed E-state index contributed by atoms with van der Waals surface area (Å²) in [4.78, 5) is 15.3. The van der Waals surface area contributed by atoms with Crippen molar-refractivity contribution in [1.82, 2.24) is 15.0 Å². The van der Waals surface area contributed by atoms with Gasteiger partial charge in [0.25, 0.3) is 0 Å². The van der Waals surface area contributed by atoms with Gasteiger partial charge in [-0.3, -0.25) is 0 Å². The smallest absolute Gasteiger partial charge is 0.164 e. The first-order valence-electron chi connectivity index (χ1n) is 16.6. The lowest BCUT2D eigenvalue weighted by Crippen LogP contribution is -2.23. The SMILES string of the molecule is C/C=c1/cccc/c1=C/Cc1nc(-c2ccc3ccccc3c2)nc(-c2cccc3oc4cccc(-c5ccc6ccccc6c5)c4c23)n1. The molecule has 0 aliphatic carbocycles. The number of rotatable bonds is 5. The van der Waals surface area contributed by atoms with E-state index in [4.69, 9.17) is 19.4 Å². The van der Waals surface area contributed by atoms with Crippen LogP contribution in [0, 0.1) is 0 Å². The Hall–Kier alpha value is -6.39. The van der Waals surface area contributed by atoms with E-state index in [2.05, 4.69) is 146 Å². The van der Waals surface area contributed by atoms with Gasteiger partial charge in [-0.1, -0.05) is 133 Å². The van der Waals surface area contributed by atoms with Gasteiger partial charge in [0.1, 0.15) is 17.0 Å². The number of hydrogen-bond donors (Lipinski definition) is 0. The van der Waals surface area contributed by atoms with E-state index >= 15 is 0 Å². The van der Waals surface area contributed by atoms with E-state index in [1.165, 1.54) is 21.4 Å². The highest BCUT2D eigenvalue weighted by Gasteiger charge is 2.19. The summed E-state index contributed by atoms with van der Waals surface area (Å²) in [5, 5.41) is 9.12. The quantitative estimate of drug-likeness (QED) is 0.190. The van der Waals surface area contributed by atoms with Crippen LogP contribution in [0.5, 0.6) is 0 Å². The largest absolute Gasteiger partial charge is 0.456 e. The second-order valence-corrected chi connectivity index (χ2v) is 12.3. The maximum atomic E-state index is 6.51. The van der Waals surface area contributed by atoms with Crippen molar-refractivity contribution in [3.05, 3.63) is 162 Å². The van der Waals surface area contributed by atoms with Crippen molar-refractivity contribution in [2.24, 2.45) is 0 Å². The van der Waals surface area contributed by atoms with Crippen LogP contribution in [-0.4, -0.2) is 15.0 Å². The van der Waals surface area contributed by atoms with Gasteiger partial charge in [0.15, 0.2) is 11.6 Å². The summed E-state index contributed by atoms with van der Waals surface area (Å²) < 4.78 is 6.51. The van der Waals surface area contributed by atoms with Crippen molar-refractivity contribution < 1.29 is 4.42 Å². The third kappa shape index (κ3) is 5.24. The molecule has 0 bridgehead atoms. The van der Waals surface area contributed by atoms with Crippen molar-refractivity contribution in [2.45, 2.75) is 13.3 Å². The zero-order chi connectivity index (χ0) is 32.7. The molecule has 9 aromatic rings. The topological polar surface area (TPSA) is 51.8 Å². The third-order valence-corrected chi connectivity index (χ3v) is 9.32. The van der Waals surface area contributed by atoms with Gasteiger partial charge in [0.2, 0.25) is 0 Å². The second kappa shape index (κ2) is 12.0. The zero-order valence-electron chi connectivity index (χ0n) is 27.0. The molecule has 0 aliphatic rings. The van der Waals surface area contributed by atoms with Gasteiger partial charge in [0.05, 0.1) is 0 Å². The van der Waals surface area contributed by atoms with Gasteiger partial charge >= 0.3 is 0 Å². The first-order chi connectivity index (χ1) is 24.2. The normalized spacial score (nSPS) is 12.5. The molecule has 4 heteroatoms. The zero-order valence-corrected chi connectivity index (χ0v) is 27.0. The number of fused-ring (bicyclic) bond motifs is 5. The summed E-state index contributed by atoms with van der Waals surface area (Å²) in [5.41, 5.74) is 5.74. The average molecular weight is 630 g/mol. The fourth-order valence-corrected chi connectivity index (χ4v) is 6.90. The van der Waals surface area contributed by atoms with Gasteiger partial charge in [-0.2, -0.15) is 0 Å². The Morgan fingerprint density at radius 3 is 1.78 bits per heavy atom. The summed E-state index contributed by atoms with van der Waals surface area (Å²) in [6.45, 7) is 2.06. The van der Waals surface area contributed by atoms with Crippen LogP contribution in [0.1, 0.15) is 12.7 Å². The molecule has 0 spiro atoms. The van der Waals surface area contributed by atoms with E-state index in [0.29, 0.717) is 23.9 Å². The summed E-state index contributed by atoms with van der Waals surface area (Å²) in [6.07, 6.45) is 4.89. The molecule has 0 saturated heterocycles. The molecule has 4 nitrogen and oxygen atoms in total. The Kier molecular flexibility index (Phi) is 7.06. The van der Waals surface area contributed by atoms with Crippen molar-refractivity contribution in [2.75, 3.05) is 0 Å². The molecule has 9 rings (SSSR count). The van der Waals surface area contributed by atoms with E-state index in [1.807, 2.05) is 18.2 Å². The molecule has 0 atom stereocenters. The molecule has 0 radical (unpaired) electrons. The lowest BCUT2D eigenvalue weighted by atomic mass is 9.95. The molecule has 0 aliphatic heterocycles. The summed E-state index contributed by atoms with van der Waals surface area (Å²) in [7, 11) is 0. The summed E-state index contributed by atoms with van der Waals surface area (Å²) >= 11 is 0. The van der Waals surface area contributed by atoms with E-state index in [1.54, 1.807) is 0 Å². The van der Waals surface area contributed by atoms with Crippen LogP contribution in [0.25, 0.3) is 89.5 Å². The molecule has 0 amide bonds. The number of furan rings is 1. The van der Waals surface area contributed by atoms with Crippen LogP contribution in [0.15, 0.2) is 150 Å². The molecule has 49 heavy (non-hydrogen) atoms. The van der Waals surface area contributed by atoms with Crippen LogP contribution in [0.3, 0.4) is 0 Å². The molecule has 2 aromatic heterocycles. The molecule has 0 fully saturated rings. The van der Waals surface area contributed by atoms with E-state index in [0.717, 1.165) is 54.8 Å². The molecule has 0 unspecified atom stereocenters. The van der Waals surface area contributed by atoms with Crippen LogP contribution in [0.4, 0.5) is 0 Å². The Morgan fingerprint density at radius 2 is 1.06 bits per heavy atom. The highest BCUT2D eigenvalue weighted by molar-refractivity contribution is 6.17. The monoisotopic (exact) mass is 629 g/mol. The van der Waals surface area contributed by atoms with Crippen LogP contribution >= 0.6 is 0 Å². The number of benzene rings is 7. The fraction of sp³-hybridized carbons (Fsp3) is 0.0444. The van der Waals surface area contributed by atoms with Gasteiger partial charge in [-0.25, -0.2) is 15.0 Å². The second-order valence-electron chi connectivity index (χ2n) is 12.3. The Balaban J connectivity index is 1.27. The summed E-state index contributed by atoms with van der Waals surface area (Å²) in [6, 6.07) is 50.7. The molecular weight excluding hydrogens is 599 g/mol. The van der Waals surface area contributed by atoms with Crippen LogP contribution in [0.2, 0.25) is 0 Å². The molecular formula is C45H31N3O. The van der Waals surface area contributed by atoms with E-state index in [9.17, 15) is 0 Å². The van der Waals surface area contributed by atoms with Crippen molar-refractivity contribution in [3.8, 4) is 33.9 Å². The maximum Gasteiger partial charge on any atom is 0.164 e. The van der Waals surface area contributed by atoms with Gasteiger partial charge < -0.3 is 4.42 Å². The highest BCUT2D eigenvalue weighted by Crippen LogP contribution is 2.41. The standard InChI is InChI=1S/C45H31N3O/c1-2-29-11-3-4-12-30(29)25-26-41-46-44(36-24-22-32-14-6-8-16-34(32)28-36)48-45(47-41)38-18-10-20-40-43(38)42-37(17-9-19-39(42)49-40)35-23-21-31-13-5-7-15-33(31)27-35/h2-25,27-28H,26H2,1H3/b29-2-,30-25-. The third-order valence-electron chi connectivity index (χ3n) is 9.32. The van der Waals surface area contributed by atoms with E-state index < -0.39 is 0 Å². The van der Waals surface area contributed by atoms with Gasteiger partial charge in [-0.05, 0) is 74.3 Å². The van der Waals surface area contributed by atoms with Crippen LogP contribution < -0.4 is 10.4 Å². The van der Waals surface area contributed by atoms with Crippen molar-refractivity contribution in [1.29, 1.82) is 0 Å². The summed E-state index contributed by atoms with van der Waals surface area (Å²) in [5.74, 6) is 1.98. The lowest BCUT2D eigenvalue weighted by molar-refractivity contribution is 0.669.